The van der Waals surface area contributed by atoms with E-state index in [1.807, 2.05) is 24.3 Å². The van der Waals surface area contributed by atoms with Gasteiger partial charge in [-0.1, -0.05) is 34.1 Å². The summed E-state index contributed by atoms with van der Waals surface area (Å²) in [6.07, 6.45) is 0.567. The molecule has 4 heteroatoms. The maximum Gasteiger partial charge on any atom is 0.103 e. The van der Waals surface area contributed by atoms with Gasteiger partial charge < -0.3 is 5.32 Å². The van der Waals surface area contributed by atoms with Crippen molar-refractivity contribution in [1.29, 1.82) is 0 Å². The second-order valence-electron chi connectivity index (χ2n) is 3.65. The second-order valence-corrected chi connectivity index (χ2v) is 4.50. The van der Waals surface area contributed by atoms with Crippen LogP contribution in [-0.4, -0.2) is 12.7 Å². The average Bonchev–Trinajstić information content (AvgIpc) is 2.18. The summed E-state index contributed by atoms with van der Waals surface area (Å²) in [5, 5.41) is 3.34. The van der Waals surface area contributed by atoms with Gasteiger partial charge in [-0.2, -0.15) is 0 Å². The summed E-state index contributed by atoms with van der Waals surface area (Å²) in [6, 6.07) is 8.17. The summed E-state index contributed by atoms with van der Waals surface area (Å²) in [6.45, 7) is 0.771. The number of piperidine rings is 1. The van der Waals surface area contributed by atoms with Gasteiger partial charge in [0.15, 0.2) is 0 Å². The van der Waals surface area contributed by atoms with E-state index in [4.69, 9.17) is 0 Å². The fourth-order valence-electron chi connectivity index (χ4n) is 1.87. The molecular weight excluding hydrogens is 280 g/mol. The van der Waals surface area contributed by atoms with E-state index in [0.29, 0.717) is 12.8 Å². The lowest BCUT2D eigenvalue weighted by molar-refractivity contribution is 0.223. The van der Waals surface area contributed by atoms with Crippen LogP contribution >= 0.6 is 28.3 Å². The molecule has 1 nitrogen and oxygen atoms in total. The van der Waals surface area contributed by atoms with Crippen LogP contribution in [0.5, 0.6) is 0 Å². The highest BCUT2D eigenvalue weighted by molar-refractivity contribution is 9.10. The lowest BCUT2D eigenvalue weighted by atomic mass is 9.96. The minimum absolute atomic E-state index is 0. The third kappa shape index (κ3) is 3.16. The highest BCUT2D eigenvalue weighted by atomic mass is 79.9. The molecule has 1 aromatic carbocycles. The van der Waals surface area contributed by atoms with Gasteiger partial charge >= 0.3 is 0 Å². The van der Waals surface area contributed by atoms with Gasteiger partial charge in [0, 0.05) is 10.5 Å². The van der Waals surface area contributed by atoms with Crippen molar-refractivity contribution in [2.75, 3.05) is 6.54 Å². The van der Waals surface area contributed by atoms with E-state index in [1.165, 1.54) is 0 Å². The molecule has 1 aliphatic rings. The third-order valence-electron chi connectivity index (χ3n) is 2.62. The fraction of sp³-hybridized carbons (Fsp3) is 0.455. The first kappa shape index (κ1) is 12.9. The van der Waals surface area contributed by atoms with E-state index < -0.39 is 6.17 Å². The number of hydrogen-bond donors (Lipinski definition) is 1. The molecule has 0 amide bonds. The molecule has 0 saturated carbocycles. The topological polar surface area (TPSA) is 12.0 Å². The van der Waals surface area contributed by atoms with Crippen LogP contribution in [0.2, 0.25) is 0 Å². The first-order valence-corrected chi connectivity index (χ1v) is 5.68. The van der Waals surface area contributed by atoms with Gasteiger partial charge in [0.1, 0.15) is 6.17 Å². The van der Waals surface area contributed by atoms with Gasteiger partial charge in [0.05, 0.1) is 0 Å². The summed E-state index contributed by atoms with van der Waals surface area (Å²) < 4.78 is 14.3. The zero-order valence-corrected chi connectivity index (χ0v) is 10.7. The van der Waals surface area contributed by atoms with Crippen LogP contribution in [0.25, 0.3) is 0 Å². The smallest absolute Gasteiger partial charge is 0.103 e. The Labute approximate surface area is 104 Å². The Balaban J connectivity index is 0.00000112. The van der Waals surface area contributed by atoms with E-state index in [1.54, 1.807) is 0 Å². The predicted molar refractivity (Wildman–Crippen MR) is 66.3 cm³/mol. The molecule has 0 aromatic heterocycles. The van der Waals surface area contributed by atoms with Gasteiger partial charge in [-0.15, -0.1) is 12.4 Å². The quantitative estimate of drug-likeness (QED) is 0.834. The first-order valence-electron chi connectivity index (χ1n) is 4.89. The molecule has 1 N–H and O–H groups in total. The normalized spacial score (nSPS) is 25.7. The van der Waals surface area contributed by atoms with Crippen LogP contribution in [0.3, 0.4) is 0 Å². The van der Waals surface area contributed by atoms with Crippen LogP contribution in [0.4, 0.5) is 4.39 Å². The molecule has 1 heterocycles. The molecule has 0 bridgehead atoms. The average molecular weight is 295 g/mol. The Bertz CT molecular complexity index is 321. The van der Waals surface area contributed by atoms with Crippen molar-refractivity contribution in [1.82, 2.24) is 5.32 Å². The van der Waals surface area contributed by atoms with Crippen molar-refractivity contribution in [3.63, 3.8) is 0 Å². The Morgan fingerprint density at radius 3 is 2.73 bits per heavy atom. The van der Waals surface area contributed by atoms with E-state index in [9.17, 15) is 4.39 Å². The maximum atomic E-state index is 13.2. The summed E-state index contributed by atoms with van der Waals surface area (Å²) in [5.41, 5.74) is 1.16. The van der Waals surface area contributed by atoms with Crippen molar-refractivity contribution in [3.05, 3.63) is 34.3 Å². The molecule has 1 fully saturated rings. The van der Waals surface area contributed by atoms with Crippen molar-refractivity contribution >= 4 is 28.3 Å². The molecule has 0 spiro atoms. The third-order valence-corrected chi connectivity index (χ3v) is 3.34. The Kier molecular flexibility index (Phi) is 5.03. The zero-order valence-electron chi connectivity index (χ0n) is 8.25. The van der Waals surface area contributed by atoms with Gasteiger partial charge in [-0.3, -0.25) is 0 Å². The lowest BCUT2D eigenvalue weighted by Gasteiger charge is -2.27. The molecule has 2 atom stereocenters. The molecule has 15 heavy (non-hydrogen) atoms. The van der Waals surface area contributed by atoms with Crippen molar-refractivity contribution in [3.8, 4) is 0 Å². The van der Waals surface area contributed by atoms with Gasteiger partial charge in [0.25, 0.3) is 0 Å². The fourth-order valence-corrected chi connectivity index (χ4v) is 2.43. The van der Waals surface area contributed by atoms with Crippen LogP contribution in [0.1, 0.15) is 24.4 Å². The maximum absolute atomic E-state index is 13.2. The molecule has 1 aromatic rings. The van der Waals surface area contributed by atoms with Crippen LogP contribution in [0, 0.1) is 0 Å². The van der Waals surface area contributed by atoms with Crippen LogP contribution < -0.4 is 5.32 Å². The highest BCUT2D eigenvalue weighted by Crippen LogP contribution is 2.29. The Hall–Kier alpha value is -0.120. The number of alkyl halides is 1. The van der Waals surface area contributed by atoms with Crippen molar-refractivity contribution in [2.45, 2.75) is 25.1 Å². The molecule has 1 saturated heterocycles. The minimum Gasteiger partial charge on any atom is -0.310 e. The highest BCUT2D eigenvalue weighted by Gasteiger charge is 2.23. The zero-order chi connectivity index (χ0) is 9.97. The Morgan fingerprint density at radius 1 is 1.33 bits per heavy atom. The first-order chi connectivity index (χ1) is 6.77. The number of rotatable bonds is 1. The van der Waals surface area contributed by atoms with Crippen molar-refractivity contribution in [2.24, 2.45) is 0 Å². The molecular formula is C11H14BrClFN. The molecule has 0 radical (unpaired) electrons. The van der Waals surface area contributed by atoms with Gasteiger partial charge in [0.2, 0.25) is 0 Å². The van der Waals surface area contributed by atoms with Gasteiger partial charge in [-0.25, -0.2) is 4.39 Å². The number of nitrogens with one attached hydrogen (secondary N) is 1. The number of benzene rings is 1. The van der Waals surface area contributed by atoms with Gasteiger partial charge in [-0.05, 0) is 31.0 Å². The van der Waals surface area contributed by atoms with E-state index >= 15 is 0 Å². The molecule has 0 aliphatic carbocycles. The van der Waals surface area contributed by atoms with E-state index in [2.05, 4.69) is 21.2 Å². The van der Waals surface area contributed by atoms with E-state index in [0.717, 1.165) is 16.6 Å². The molecule has 2 unspecified atom stereocenters. The summed E-state index contributed by atoms with van der Waals surface area (Å²) >= 11 is 3.49. The van der Waals surface area contributed by atoms with Crippen LogP contribution in [-0.2, 0) is 0 Å². The predicted octanol–water partition coefficient (Wildman–Crippen LogP) is 3.63. The SMILES string of the molecule is Cl.FC1CCNC(c2ccccc2Br)C1. The minimum atomic E-state index is -0.659. The molecule has 2 rings (SSSR count). The largest absolute Gasteiger partial charge is 0.310 e. The summed E-state index contributed by atoms with van der Waals surface area (Å²) in [7, 11) is 0. The van der Waals surface area contributed by atoms with Crippen molar-refractivity contribution < 1.29 is 4.39 Å². The molecule has 84 valence electrons. The standard InChI is InChI=1S/C11H13BrFN.ClH/c12-10-4-2-1-3-9(10)11-7-8(13)5-6-14-11;/h1-4,8,11,14H,5-7H2;1H. The van der Waals surface area contributed by atoms with E-state index in [-0.39, 0.29) is 18.4 Å². The van der Waals surface area contributed by atoms with Crippen LogP contribution in [0.15, 0.2) is 28.7 Å². The number of halogens is 3. The Morgan fingerprint density at radius 2 is 2.07 bits per heavy atom. The lowest BCUT2D eigenvalue weighted by Crippen LogP contribution is -2.32. The second kappa shape index (κ2) is 5.83. The summed E-state index contributed by atoms with van der Waals surface area (Å²) in [5.74, 6) is 0. The monoisotopic (exact) mass is 293 g/mol. The number of hydrogen-bond acceptors (Lipinski definition) is 1. The molecule has 1 aliphatic heterocycles. The summed E-state index contributed by atoms with van der Waals surface area (Å²) in [4.78, 5) is 0.